The molecule has 0 fully saturated rings. The van der Waals surface area contributed by atoms with Gasteiger partial charge in [0, 0.05) is 17.6 Å². The third-order valence-corrected chi connectivity index (χ3v) is 4.44. The van der Waals surface area contributed by atoms with Gasteiger partial charge in [-0.3, -0.25) is 4.99 Å². The van der Waals surface area contributed by atoms with E-state index in [1.807, 2.05) is 18.2 Å². The Hall–Kier alpha value is -1.92. The molecule has 0 N–H and O–H groups in total. The van der Waals surface area contributed by atoms with Crippen LogP contribution in [0.4, 0.5) is 0 Å². The molecule has 116 valence electrons. The molecular formula is C15H16ClN3O2S. The normalized spacial score (nSPS) is 12.1. The number of benzene rings is 1. The van der Waals surface area contributed by atoms with Crippen molar-refractivity contribution >= 4 is 35.1 Å². The molecule has 0 radical (unpaired) electrons. The summed E-state index contributed by atoms with van der Waals surface area (Å²) < 4.78 is 6.66. The zero-order valence-corrected chi connectivity index (χ0v) is 14.1. The molecule has 0 amide bonds. The van der Waals surface area contributed by atoms with Crippen LogP contribution in [0, 0.1) is 6.92 Å². The summed E-state index contributed by atoms with van der Waals surface area (Å²) in [5.74, 6) is -0.360. The highest BCUT2D eigenvalue weighted by atomic mass is 35.5. The van der Waals surface area contributed by atoms with Crippen molar-refractivity contribution in [3.8, 4) is 0 Å². The zero-order chi connectivity index (χ0) is 16.1. The van der Waals surface area contributed by atoms with Crippen LogP contribution in [0.5, 0.6) is 0 Å². The first-order valence-corrected chi connectivity index (χ1v) is 7.89. The lowest BCUT2D eigenvalue weighted by atomic mass is 10.2. The van der Waals surface area contributed by atoms with E-state index in [1.165, 1.54) is 11.3 Å². The molecule has 0 saturated carbocycles. The molecule has 2 rings (SSSR count). The average Bonchev–Trinajstić information content (AvgIpc) is 2.83. The summed E-state index contributed by atoms with van der Waals surface area (Å²) in [6.45, 7) is 3.91. The van der Waals surface area contributed by atoms with Crippen molar-refractivity contribution in [3.63, 3.8) is 0 Å². The van der Waals surface area contributed by atoms with Crippen LogP contribution in [0.1, 0.15) is 27.9 Å². The number of carbonyl (C=O) groups is 1. The molecule has 0 bridgehead atoms. The maximum Gasteiger partial charge on any atom is 0.350 e. The number of thiazole rings is 1. The molecule has 0 aliphatic carbocycles. The minimum atomic E-state index is -0.360. The van der Waals surface area contributed by atoms with E-state index in [1.54, 1.807) is 37.9 Å². The van der Waals surface area contributed by atoms with Crippen LogP contribution in [0.25, 0.3) is 0 Å². The summed E-state index contributed by atoms with van der Waals surface area (Å²) in [6.07, 6.45) is 1.64. The number of nitrogens with zero attached hydrogens (tertiary/aromatic N) is 3. The van der Waals surface area contributed by atoms with Crippen molar-refractivity contribution in [2.24, 2.45) is 10.1 Å². The molecule has 2 aromatic rings. The van der Waals surface area contributed by atoms with E-state index < -0.39 is 0 Å². The van der Waals surface area contributed by atoms with E-state index in [4.69, 9.17) is 16.3 Å². The van der Waals surface area contributed by atoms with Gasteiger partial charge in [0.2, 0.25) is 4.80 Å². The number of hydrogen-bond donors (Lipinski definition) is 0. The molecule has 1 aromatic carbocycles. The molecule has 0 aliphatic rings. The van der Waals surface area contributed by atoms with Crippen molar-refractivity contribution in [3.05, 3.63) is 50.2 Å². The first-order valence-electron chi connectivity index (χ1n) is 6.69. The highest BCUT2D eigenvalue weighted by Gasteiger charge is 2.17. The molecule has 0 unspecified atom stereocenters. The van der Waals surface area contributed by atoms with Crippen molar-refractivity contribution < 1.29 is 9.53 Å². The van der Waals surface area contributed by atoms with E-state index in [-0.39, 0.29) is 5.97 Å². The fourth-order valence-corrected chi connectivity index (χ4v) is 2.92. The van der Waals surface area contributed by atoms with Gasteiger partial charge in [0.05, 0.1) is 18.5 Å². The quantitative estimate of drug-likeness (QED) is 0.636. The van der Waals surface area contributed by atoms with Crippen LogP contribution in [0.2, 0.25) is 5.02 Å². The Labute approximate surface area is 137 Å². The summed E-state index contributed by atoms with van der Waals surface area (Å²) >= 11 is 7.35. The summed E-state index contributed by atoms with van der Waals surface area (Å²) in [5.41, 5.74) is 1.48. The smallest absolute Gasteiger partial charge is 0.350 e. The van der Waals surface area contributed by atoms with Crippen LogP contribution in [-0.2, 0) is 4.74 Å². The van der Waals surface area contributed by atoms with Crippen LogP contribution >= 0.6 is 22.9 Å². The molecule has 22 heavy (non-hydrogen) atoms. The second kappa shape index (κ2) is 7.38. The van der Waals surface area contributed by atoms with E-state index in [0.717, 1.165) is 5.56 Å². The minimum absolute atomic E-state index is 0.331. The monoisotopic (exact) mass is 337 g/mol. The fourth-order valence-electron chi connectivity index (χ4n) is 1.81. The summed E-state index contributed by atoms with van der Waals surface area (Å²) in [6, 6.07) is 7.40. The predicted molar refractivity (Wildman–Crippen MR) is 88.9 cm³/mol. The van der Waals surface area contributed by atoms with Gasteiger partial charge in [-0.2, -0.15) is 5.10 Å². The number of esters is 1. The number of aromatic nitrogens is 1. The molecule has 1 heterocycles. The van der Waals surface area contributed by atoms with E-state index in [9.17, 15) is 4.79 Å². The Morgan fingerprint density at radius 2 is 2.18 bits per heavy atom. The number of ether oxygens (including phenoxy) is 1. The number of rotatable bonds is 4. The Morgan fingerprint density at radius 3 is 2.82 bits per heavy atom. The Balaban J connectivity index is 2.43. The fraction of sp³-hybridized carbons (Fsp3) is 0.267. The van der Waals surface area contributed by atoms with Crippen molar-refractivity contribution in [1.29, 1.82) is 0 Å². The molecule has 0 saturated heterocycles. The second-order valence-corrected chi connectivity index (χ2v) is 5.71. The van der Waals surface area contributed by atoms with Crippen LogP contribution in [0.15, 0.2) is 34.4 Å². The highest BCUT2D eigenvalue weighted by Crippen LogP contribution is 2.15. The topological polar surface area (TPSA) is 55.9 Å². The maximum atomic E-state index is 11.9. The summed E-state index contributed by atoms with van der Waals surface area (Å²) in [5, 5.41) is 5.00. The third-order valence-electron chi connectivity index (χ3n) is 2.89. The number of halogens is 1. The van der Waals surface area contributed by atoms with Gasteiger partial charge in [0.1, 0.15) is 4.88 Å². The van der Waals surface area contributed by atoms with Gasteiger partial charge in [-0.05, 0) is 19.9 Å². The second-order valence-electron chi connectivity index (χ2n) is 4.32. The zero-order valence-electron chi connectivity index (χ0n) is 12.5. The Kier molecular flexibility index (Phi) is 5.51. The number of hydrogen-bond acceptors (Lipinski definition) is 5. The highest BCUT2D eigenvalue weighted by molar-refractivity contribution is 7.11. The Bertz CT molecular complexity index is 777. The molecule has 7 heteroatoms. The molecule has 0 atom stereocenters. The third kappa shape index (κ3) is 3.45. The van der Waals surface area contributed by atoms with Gasteiger partial charge in [0.25, 0.3) is 0 Å². The summed E-state index contributed by atoms with van der Waals surface area (Å²) in [4.78, 5) is 17.2. The first kappa shape index (κ1) is 16.5. The maximum absolute atomic E-state index is 11.9. The number of carbonyl (C=O) groups excluding carboxylic acids is 1. The average molecular weight is 338 g/mol. The van der Waals surface area contributed by atoms with Crippen LogP contribution < -0.4 is 4.80 Å². The summed E-state index contributed by atoms with van der Waals surface area (Å²) in [7, 11) is 1.65. The van der Waals surface area contributed by atoms with Crippen molar-refractivity contribution in [2.45, 2.75) is 13.8 Å². The molecule has 0 aliphatic heterocycles. The van der Waals surface area contributed by atoms with Crippen molar-refractivity contribution in [1.82, 2.24) is 4.68 Å². The van der Waals surface area contributed by atoms with Gasteiger partial charge in [-0.15, -0.1) is 0 Å². The van der Waals surface area contributed by atoms with Crippen LogP contribution in [0.3, 0.4) is 0 Å². The predicted octanol–water partition coefficient (Wildman–Crippen LogP) is 3.10. The van der Waals surface area contributed by atoms with Gasteiger partial charge in [0.15, 0.2) is 0 Å². The van der Waals surface area contributed by atoms with Gasteiger partial charge in [-0.25, -0.2) is 9.47 Å². The van der Waals surface area contributed by atoms with E-state index >= 15 is 0 Å². The first-order chi connectivity index (χ1) is 10.6. The molecule has 1 aromatic heterocycles. The Morgan fingerprint density at radius 1 is 1.45 bits per heavy atom. The SMILES string of the molecule is CCOC(=O)c1sc(=NC)n(/N=C/c2ccccc2Cl)c1C. The van der Waals surface area contributed by atoms with Crippen LogP contribution in [-0.4, -0.2) is 30.5 Å². The standard InChI is InChI=1S/C15H16ClN3O2S/c1-4-21-14(20)13-10(2)19(15(17-3)22-13)18-9-11-7-5-6-8-12(11)16/h5-9H,4H2,1-3H3/b17-15?,18-9+. The lowest BCUT2D eigenvalue weighted by Gasteiger charge is -2.01. The van der Waals surface area contributed by atoms with E-state index in [2.05, 4.69) is 10.1 Å². The molecular weight excluding hydrogens is 322 g/mol. The van der Waals surface area contributed by atoms with E-state index in [0.29, 0.717) is 27.0 Å². The van der Waals surface area contributed by atoms with Crippen molar-refractivity contribution in [2.75, 3.05) is 13.7 Å². The van der Waals surface area contributed by atoms with Gasteiger partial charge >= 0.3 is 5.97 Å². The lowest BCUT2D eigenvalue weighted by Crippen LogP contribution is -2.12. The minimum Gasteiger partial charge on any atom is -0.462 e. The lowest BCUT2D eigenvalue weighted by molar-refractivity contribution is 0.0530. The molecule has 0 spiro atoms. The van der Waals surface area contributed by atoms with Gasteiger partial charge in [-0.1, -0.05) is 41.1 Å². The van der Waals surface area contributed by atoms with Gasteiger partial charge < -0.3 is 4.74 Å². The molecule has 5 nitrogen and oxygen atoms in total. The largest absolute Gasteiger partial charge is 0.462 e.